The first kappa shape index (κ1) is 11.1. The van der Waals surface area contributed by atoms with E-state index in [4.69, 9.17) is 0 Å². The molecule has 0 bridgehead atoms. The Kier molecular flexibility index (Phi) is 3.42. The molecule has 0 amide bonds. The van der Waals surface area contributed by atoms with Crippen molar-refractivity contribution in [2.75, 3.05) is 0 Å². The van der Waals surface area contributed by atoms with Crippen molar-refractivity contribution in [3.63, 3.8) is 0 Å². The third-order valence-corrected chi connectivity index (χ3v) is 3.85. The standard InChI is InChI=1S/C12H17BrN2/c1-2-12(4-3-5-12)15-8-10-6-11(13)9-14-7-10/h6-7,9,15H,2-5,8H2,1H3. The van der Waals surface area contributed by atoms with Crippen LogP contribution in [0.25, 0.3) is 0 Å². The predicted molar refractivity (Wildman–Crippen MR) is 65.6 cm³/mol. The quantitative estimate of drug-likeness (QED) is 0.907. The third kappa shape index (κ3) is 2.58. The Balaban J connectivity index is 1.92. The van der Waals surface area contributed by atoms with E-state index in [0.29, 0.717) is 5.54 Å². The molecular weight excluding hydrogens is 252 g/mol. The molecule has 0 radical (unpaired) electrons. The van der Waals surface area contributed by atoms with Crippen molar-refractivity contribution in [3.8, 4) is 0 Å². The molecule has 0 spiro atoms. The minimum atomic E-state index is 0.419. The van der Waals surface area contributed by atoms with E-state index in [9.17, 15) is 0 Å². The van der Waals surface area contributed by atoms with Gasteiger partial charge in [0.05, 0.1) is 0 Å². The van der Waals surface area contributed by atoms with Crippen molar-refractivity contribution in [3.05, 3.63) is 28.5 Å². The van der Waals surface area contributed by atoms with E-state index in [0.717, 1.165) is 11.0 Å². The van der Waals surface area contributed by atoms with E-state index in [1.165, 1.54) is 31.2 Å². The summed E-state index contributed by atoms with van der Waals surface area (Å²) in [6, 6.07) is 2.13. The number of nitrogens with zero attached hydrogens (tertiary/aromatic N) is 1. The summed E-state index contributed by atoms with van der Waals surface area (Å²) in [5, 5.41) is 3.66. The van der Waals surface area contributed by atoms with E-state index >= 15 is 0 Å². The lowest BCUT2D eigenvalue weighted by molar-refractivity contribution is 0.175. The maximum absolute atomic E-state index is 4.17. The monoisotopic (exact) mass is 268 g/mol. The van der Waals surface area contributed by atoms with Crippen LogP contribution in [0.3, 0.4) is 0 Å². The lowest BCUT2D eigenvalue weighted by atomic mass is 9.75. The summed E-state index contributed by atoms with van der Waals surface area (Å²) in [7, 11) is 0. The Hall–Kier alpha value is -0.410. The van der Waals surface area contributed by atoms with Gasteiger partial charge in [0.1, 0.15) is 0 Å². The highest BCUT2D eigenvalue weighted by Crippen LogP contribution is 2.34. The summed E-state index contributed by atoms with van der Waals surface area (Å²) < 4.78 is 1.06. The average molecular weight is 269 g/mol. The Bertz CT molecular complexity index is 329. The van der Waals surface area contributed by atoms with Crippen LogP contribution >= 0.6 is 15.9 Å². The van der Waals surface area contributed by atoms with E-state index in [-0.39, 0.29) is 0 Å². The fraction of sp³-hybridized carbons (Fsp3) is 0.583. The van der Waals surface area contributed by atoms with Gasteiger partial charge in [-0.2, -0.15) is 0 Å². The lowest BCUT2D eigenvalue weighted by Crippen LogP contribution is -2.49. The Morgan fingerprint density at radius 1 is 1.47 bits per heavy atom. The van der Waals surface area contributed by atoms with Gasteiger partial charge in [0.2, 0.25) is 0 Å². The first-order chi connectivity index (χ1) is 7.24. The average Bonchev–Trinajstić information content (AvgIpc) is 2.17. The molecule has 1 aromatic rings. The molecule has 2 nitrogen and oxygen atoms in total. The van der Waals surface area contributed by atoms with Gasteiger partial charge in [-0.15, -0.1) is 0 Å². The summed E-state index contributed by atoms with van der Waals surface area (Å²) in [4.78, 5) is 4.17. The molecule has 15 heavy (non-hydrogen) atoms. The fourth-order valence-corrected chi connectivity index (χ4v) is 2.51. The molecule has 1 aliphatic carbocycles. The van der Waals surface area contributed by atoms with Crippen LogP contribution in [0.1, 0.15) is 38.2 Å². The van der Waals surface area contributed by atoms with Crippen molar-refractivity contribution in [1.29, 1.82) is 0 Å². The van der Waals surface area contributed by atoms with Crippen LogP contribution in [0.4, 0.5) is 0 Å². The van der Waals surface area contributed by atoms with Gasteiger partial charge in [0, 0.05) is 29.0 Å². The molecule has 0 saturated heterocycles. The molecule has 82 valence electrons. The topological polar surface area (TPSA) is 24.9 Å². The van der Waals surface area contributed by atoms with Gasteiger partial charge < -0.3 is 5.32 Å². The molecule has 1 N–H and O–H groups in total. The Morgan fingerprint density at radius 2 is 2.27 bits per heavy atom. The van der Waals surface area contributed by atoms with Crippen LogP contribution in [-0.2, 0) is 6.54 Å². The fourth-order valence-electron chi connectivity index (χ4n) is 2.10. The second-order valence-corrected chi connectivity index (χ2v) is 5.27. The molecule has 0 aromatic carbocycles. The molecular formula is C12H17BrN2. The number of halogens is 1. The van der Waals surface area contributed by atoms with Gasteiger partial charge in [-0.25, -0.2) is 0 Å². The number of aromatic nitrogens is 1. The van der Waals surface area contributed by atoms with Crippen molar-refractivity contribution < 1.29 is 0 Å². The van der Waals surface area contributed by atoms with Crippen LogP contribution in [0.5, 0.6) is 0 Å². The number of nitrogens with one attached hydrogen (secondary N) is 1. The van der Waals surface area contributed by atoms with Crippen LogP contribution in [0, 0.1) is 0 Å². The molecule has 1 aliphatic rings. The predicted octanol–water partition coefficient (Wildman–Crippen LogP) is 3.27. The molecule has 0 atom stereocenters. The molecule has 1 heterocycles. The minimum absolute atomic E-state index is 0.419. The smallest absolute Gasteiger partial charge is 0.0410 e. The Labute approximate surface area is 99.6 Å². The lowest BCUT2D eigenvalue weighted by Gasteiger charge is -2.42. The summed E-state index contributed by atoms with van der Waals surface area (Å²) in [6.07, 6.45) is 9.00. The van der Waals surface area contributed by atoms with Gasteiger partial charge in [0.15, 0.2) is 0 Å². The maximum Gasteiger partial charge on any atom is 0.0410 e. The highest BCUT2D eigenvalue weighted by molar-refractivity contribution is 9.10. The van der Waals surface area contributed by atoms with Crippen molar-refractivity contribution >= 4 is 15.9 Å². The number of rotatable bonds is 4. The van der Waals surface area contributed by atoms with Crippen LogP contribution < -0.4 is 5.32 Å². The van der Waals surface area contributed by atoms with E-state index in [1.54, 1.807) is 0 Å². The van der Waals surface area contributed by atoms with E-state index in [2.05, 4.69) is 39.2 Å². The van der Waals surface area contributed by atoms with Gasteiger partial charge >= 0.3 is 0 Å². The van der Waals surface area contributed by atoms with Gasteiger partial charge in [-0.1, -0.05) is 6.92 Å². The second-order valence-electron chi connectivity index (χ2n) is 4.35. The number of hydrogen-bond donors (Lipinski definition) is 1. The molecule has 0 aliphatic heterocycles. The normalized spacial score (nSPS) is 18.5. The zero-order valence-corrected chi connectivity index (χ0v) is 10.7. The first-order valence-corrected chi connectivity index (χ1v) is 6.38. The molecule has 1 fully saturated rings. The summed E-state index contributed by atoms with van der Waals surface area (Å²) in [6.45, 7) is 3.20. The van der Waals surface area contributed by atoms with Gasteiger partial charge in [0.25, 0.3) is 0 Å². The number of hydrogen-bond acceptors (Lipinski definition) is 2. The van der Waals surface area contributed by atoms with Gasteiger partial charge in [-0.05, 0) is 53.2 Å². The first-order valence-electron chi connectivity index (χ1n) is 5.58. The Morgan fingerprint density at radius 3 is 2.80 bits per heavy atom. The summed E-state index contributed by atoms with van der Waals surface area (Å²) >= 11 is 3.44. The van der Waals surface area contributed by atoms with E-state index < -0.39 is 0 Å². The molecule has 3 heteroatoms. The van der Waals surface area contributed by atoms with Crippen molar-refractivity contribution in [1.82, 2.24) is 10.3 Å². The SMILES string of the molecule is CCC1(NCc2cncc(Br)c2)CCC1. The van der Waals surface area contributed by atoms with Crippen LogP contribution in [0.15, 0.2) is 22.9 Å². The van der Waals surface area contributed by atoms with Crippen LogP contribution in [0.2, 0.25) is 0 Å². The van der Waals surface area contributed by atoms with Crippen LogP contribution in [-0.4, -0.2) is 10.5 Å². The molecule has 2 rings (SSSR count). The van der Waals surface area contributed by atoms with Crippen molar-refractivity contribution in [2.24, 2.45) is 0 Å². The second kappa shape index (κ2) is 4.62. The zero-order valence-electron chi connectivity index (χ0n) is 9.09. The maximum atomic E-state index is 4.17. The summed E-state index contributed by atoms with van der Waals surface area (Å²) in [5.41, 5.74) is 1.67. The largest absolute Gasteiger partial charge is 0.307 e. The molecule has 1 aromatic heterocycles. The van der Waals surface area contributed by atoms with Gasteiger partial charge in [-0.3, -0.25) is 4.98 Å². The highest BCUT2D eigenvalue weighted by Gasteiger charge is 2.34. The van der Waals surface area contributed by atoms with Crippen molar-refractivity contribution in [2.45, 2.75) is 44.7 Å². The molecule has 1 saturated carbocycles. The minimum Gasteiger partial charge on any atom is -0.307 e. The van der Waals surface area contributed by atoms with E-state index in [1.807, 2.05) is 12.4 Å². The third-order valence-electron chi connectivity index (χ3n) is 3.42. The highest BCUT2D eigenvalue weighted by atomic mass is 79.9. The zero-order chi connectivity index (χ0) is 10.7. The number of pyridine rings is 1. The molecule has 0 unspecified atom stereocenters. The summed E-state index contributed by atoms with van der Waals surface area (Å²) in [5.74, 6) is 0.